The van der Waals surface area contributed by atoms with E-state index in [1.54, 1.807) is 6.07 Å². The fraction of sp³-hybridized carbons (Fsp3) is 0.333. The van der Waals surface area contributed by atoms with Crippen molar-refractivity contribution in [3.05, 3.63) is 53.2 Å². The van der Waals surface area contributed by atoms with Gasteiger partial charge in [-0.1, -0.05) is 12.1 Å². The van der Waals surface area contributed by atoms with Crippen LogP contribution in [0.15, 0.2) is 42.1 Å². The second-order valence-electron chi connectivity index (χ2n) is 7.49. The normalized spacial score (nSPS) is 15.1. The van der Waals surface area contributed by atoms with Crippen LogP contribution in [-0.2, 0) is 13.0 Å². The Hall–Kier alpha value is -3.30. The number of nitrogens with zero attached hydrogens (tertiary/aromatic N) is 3. The molecule has 1 aliphatic rings. The van der Waals surface area contributed by atoms with Crippen LogP contribution in [0.4, 0.5) is 23.0 Å². The van der Waals surface area contributed by atoms with Gasteiger partial charge in [0.25, 0.3) is 0 Å². The fourth-order valence-corrected chi connectivity index (χ4v) is 3.44. The number of likely N-dealkylation sites (N-methyl/N-ethyl adjacent to an activating group) is 1. The van der Waals surface area contributed by atoms with Crippen LogP contribution in [0, 0.1) is 5.41 Å². The molecular formula is C21H31N9. The third kappa shape index (κ3) is 5.40. The Bertz CT molecular complexity index is 884. The highest BCUT2D eigenvalue weighted by atomic mass is 15.3. The molecule has 1 fully saturated rings. The molecule has 1 saturated heterocycles. The second-order valence-corrected chi connectivity index (χ2v) is 7.49. The predicted molar refractivity (Wildman–Crippen MR) is 124 cm³/mol. The van der Waals surface area contributed by atoms with Gasteiger partial charge in [-0.05, 0) is 41.9 Å². The van der Waals surface area contributed by atoms with E-state index in [4.69, 9.17) is 22.7 Å². The maximum absolute atomic E-state index is 7.70. The van der Waals surface area contributed by atoms with Gasteiger partial charge in [0.05, 0.1) is 5.69 Å². The van der Waals surface area contributed by atoms with Gasteiger partial charge in [0.15, 0.2) is 5.82 Å². The first-order valence-corrected chi connectivity index (χ1v) is 9.97. The number of hydrogen-bond acceptors (Lipinski definition) is 9. The van der Waals surface area contributed by atoms with Crippen LogP contribution in [0.2, 0.25) is 0 Å². The summed E-state index contributed by atoms with van der Waals surface area (Å²) in [5.74, 6) is 6.10. The quantitative estimate of drug-likeness (QED) is 0.216. The van der Waals surface area contributed by atoms with E-state index in [1.165, 1.54) is 17.5 Å². The number of allylic oxidation sites excluding steroid dienone is 1. The number of hydrogen-bond donors (Lipinski definition) is 6. The molecule has 1 aliphatic heterocycles. The highest BCUT2D eigenvalue weighted by molar-refractivity contribution is 5.78. The zero-order valence-corrected chi connectivity index (χ0v) is 17.4. The third-order valence-electron chi connectivity index (χ3n) is 5.28. The number of pyridine rings is 1. The van der Waals surface area contributed by atoms with Gasteiger partial charge < -0.3 is 37.4 Å². The molecule has 0 saturated carbocycles. The number of anilines is 4. The zero-order chi connectivity index (χ0) is 21.5. The second kappa shape index (κ2) is 9.95. The maximum atomic E-state index is 7.70. The summed E-state index contributed by atoms with van der Waals surface area (Å²) in [5.41, 5.74) is 18.7. The molecule has 30 heavy (non-hydrogen) atoms. The van der Waals surface area contributed by atoms with Crippen LogP contribution >= 0.6 is 0 Å². The SMILES string of the molecule is CN1CCN(c2ccc(CN/C=C(\C=N)Cc3cc(N)nc(NN)c3N)cc2)CC1. The number of piperazine rings is 1. The first kappa shape index (κ1) is 21.4. The predicted octanol–water partition coefficient (Wildman–Crippen LogP) is 1.15. The number of nitrogen functional groups attached to an aromatic ring is 3. The van der Waals surface area contributed by atoms with Gasteiger partial charge in [0.2, 0.25) is 0 Å². The molecule has 0 atom stereocenters. The number of nitrogens with one attached hydrogen (secondary N) is 3. The van der Waals surface area contributed by atoms with Crippen molar-refractivity contribution in [1.82, 2.24) is 15.2 Å². The smallest absolute Gasteiger partial charge is 0.165 e. The Morgan fingerprint density at radius 2 is 1.87 bits per heavy atom. The number of benzene rings is 1. The van der Waals surface area contributed by atoms with E-state index >= 15 is 0 Å². The summed E-state index contributed by atoms with van der Waals surface area (Å²) in [5, 5.41) is 11.0. The Morgan fingerprint density at radius 3 is 2.50 bits per heavy atom. The van der Waals surface area contributed by atoms with Gasteiger partial charge in [-0.3, -0.25) is 0 Å². The average molecular weight is 410 g/mol. The molecule has 0 radical (unpaired) electrons. The fourth-order valence-electron chi connectivity index (χ4n) is 3.44. The molecule has 0 amide bonds. The third-order valence-corrected chi connectivity index (χ3v) is 5.28. The molecule has 9 N–H and O–H groups in total. The van der Waals surface area contributed by atoms with E-state index in [0.29, 0.717) is 30.3 Å². The molecule has 9 nitrogen and oxygen atoms in total. The summed E-state index contributed by atoms with van der Waals surface area (Å²) < 4.78 is 0. The standard InChI is InChI=1S/C21H31N9/c1-29-6-8-30(9-7-29)18-4-2-15(3-5-18)13-26-14-16(12-22)10-17-11-19(23)27-21(28-25)20(17)24/h2-5,11-12,14,22,26H,6-10,13,24-25H2,1H3,(H3,23,27,28)/b16-14-,22-12?. The lowest BCUT2D eigenvalue weighted by molar-refractivity contribution is 0.313. The van der Waals surface area contributed by atoms with Gasteiger partial charge in [0.1, 0.15) is 5.82 Å². The van der Waals surface area contributed by atoms with E-state index in [0.717, 1.165) is 37.3 Å². The van der Waals surface area contributed by atoms with E-state index < -0.39 is 0 Å². The lowest BCUT2D eigenvalue weighted by Gasteiger charge is -2.34. The highest BCUT2D eigenvalue weighted by Crippen LogP contribution is 2.24. The maximum Gasteiger partial charge on any atom is 0.165 e. The Morgan fingerprint density at radius 1 is 1.17 bits per heavy atom. The summed E-state index contributed by atoms with van der Waals surface area (Å²) in [6.45, 7) is 4.98. The van der Waals surface area contributed by atoms with Crippen molar-refractivity contribution in [1.29, 1.82) is 5.41 Å². The van der Waals surface area contributed by atoms with Crippen molar-refractivity contribution in [3.8, 4) is 0 Å². The lowest BCUT2D eigenvalue weighted by Crippen LogP contribution is -2.44. The number of hydrazine groups is 1. The van der Waals surface area contributed by atoms with Gasteiger partial charge in [-0.25, -0.2) is 10.8 Å². The van der Waals surface area contributed by atoms with Crippen LogP contribution in [0.5, 0.6) is 0 Å². The molecule has 3 rings (SSSR count). The summed E-state index contributed by atoms with van der Waals surface area (Å²) in [6.07, 6.45) is 3.58. The molecule has 0 bridgehead atoms. The van der Waals surface area contributed by atoms with Crippen molar-refractivity contribution in [2.24, 2.45) is 5.84 Å². The van der Waals surface area contributed by atoms with Gasteiger partial charge >= 0.3 is 0 Å². The number of aromatic nitrogens is 1. The summed E-state index contributed by atoms with van der Waals surface area (Å²) >= 11 is 0. The topological polar surface area (TPSA) is 145 Å². The van der Waals surface area contributed by atoms with E-state index in [2.05, 4.69) is 56.8 Å². The Balaban J connectivity index is 1.58. The summed E-state index contributed by atoms with van der Waals surface area (Å²) in [4.78, 5) is 8.82. The van der Waals surface area contributed by atoms with Crippen LogP contribution in [0.25, 0.3) is 0 Å². The minimum Gasteiger partial charge on any atom is -0.395 e. The monoisotopic (exact) mass is 409 g/mol. The van der Waals surface area contributed by atoms with Crippen LogP contribution in [0.1, 0.15) is 11.1 Å². The molecule has 2 heterocycles. The van der Waals surface area contributed by atoms with Crippen LogP contribution < -0.4 is 33.0 Å². The molecule has 9 heteroatoms. The summed E-state index contributed by atoms with van der Waals surface area (Å²) in [6, 6.07) is 10.3. The first-order valence-electron chi connectivity index (χ1n) is 9.97. The van der Waals surface area contributed by atoms with Crippen molar-refractivity contribution in [2.45, 2.75) is 13.0 Å². The van der Waals surface area contributed by atoms with Crippen LogP contribution in [-0.4, -0.2) is 49.3 Å². The van der Waals surface area contributed by atoms with Crippen molar-refractivity contribution >= 4 is 29.2 Å². The average Bonchev–Trinajstić information content (AvgIpc) is 2.76. The van der Waals surface area contributed by atoms with Crippen LogP contribution in [0.3, 0.4) is 0 Å². The number of nitrogens with two attached hydrogens (primary N) is 3. The largest absolute Gasteiger partial charge is 0.395 e. The first-order chi connectivity index (χ1) is 14.5. The molecule has 160 valence electrons. The number of rotatable bonds is 8. The minimum absolute atomic E-state index is 0.324. The summed E-state index contributed by atoms with van der Waals surface area (Å²) in [7, 11) is 2.16. The van der Waals surface area contributed by atoms with Crippen molar-refractivity contribution in [2.75, 3.05) is 55.0 Å². The van der Waals surface area contributed by atoms with E-state index in [1.807, 2.05) is 6.20 Å². The van der Waals surface area contributed by atoms with Crippen molar-refractivity contribution in [3.63, 3.8) is 0 Å². The Labute approximate surface area is 177 Å². The zero-order valence-electron chi connectivity index (χ0n) is 17.4. The molecule has 0 unspecified atom stereocenters. The Kier molecular flexibility index (Phi) is 7.10. The van der Waals surface area contributed by atoms with E-state index in [-0.39, 0.29) is 0 Å². The minimum atomic E-state index is 0.324. The van der Waals surface area contributed by atoms with Gasteiger partial charge in [0, 0.05) is 57.2 Å². The van der Waals surface area contributed by atoms with Crippen molar-refractivity contribution < 1.29 is 0 Å². The van der Waals surface area contributed by atoms with E-state index in [9.17, 15) is 0 Å². The lowest BCUT2D eigenvalue weighted by atomic mass is 10.1. The molecule has 1 aromatic carbocycles. The molecule has 1 aromatic heterocycles. The van der Waals surface area contributed by atoms with Gasteiger partial charge in [-0.15, -0.1) is 0 Å². The van der Waals surface area contributed by atoms with Gasteiger partial charge in [-0.2, -0.15) is 0 Å². The molecule has 0 aliphatic carbocycles. The molecule has 2 aromatic rings. The molecular weight excluding hydrogens is 378 g/mol. The molecule has 0 spiro atoms. The highest BCUT2D eigenvalue weighted by Gasteiger charge is 2.14.